The van der Waals surface area contributed by atoms with E-state index in [4.69, 9.17) is 21.1 Å². The highest BCUT2D eigenvalue weighted by Crippen LogP contribution is 2.42. The van der Waals surface area contributed by atoms with Gasteiger partial charge in [-0.15, -0.1) is 11.6 Å². The minimum Gasteiger partial charge on any atom is -0.493 e. The van der Waals surface area contributed by atoms with Crippen molar-refractivity contribution in [1.82, 2.24) is 4.90 Å². The summed E-state index contributed by atoms with van der Waals surface area (Å²) in [6.45, 7) is 5.62. The molecule has 1 atom stereocenters. The lowest BCUT2D eigenvalue weighted by Crippen LogP contribution is -2.39. The molecule has 0 spiro atoms. The molecule has 0 radical (unpaired) electrons. The van der Waals surface area contributed by atoms with Crippen molar-refractivity contribution in [2.24, 2.45) is 5.92 Å². The molecule has 1 heterocycles. The van der Waals surface area contributed by atoms with Gasteiger partial charge in [0.2, 0.25) is 0 Å². The average molecular weight is 456 g/mol. The fourth-order valence-electron chi connectivity index (χ4n) is 5.20. The van der Waals surface area contributed by atoms with Crippen molar-refractivity contribution in [1.29, 1.82) is 0 Å². The van der Waals surface area contributed by atoms with Gasteiger partial charge >= 0.3 is 0 Å². The summed E-state index contributed by atoms with van der Waals surface area (Å²) in [6.07, 6.45) is 5.41. The number of carbonyl (C=O) groups is 1. The van der Waals surface area contributed by atoms with Gasteiger partial charge in [0.05, 0.1) is 13.7 Å². The van der Waals surface area contributed by atoms with E-state index in [0.717, 1.165) is 63.7 Å². The second-order valence-corrected chi connectivity index (χ2v) is 9.87. The van der Waals surface area contributed by atoms with Crippen molar-refractivity contribution in [3.63, 3.8) is 0 Å². The zero-order valence-electron chi connectivity index (χ0n) is 19.2. The Morgan fingerprint density at radius 1 is 1.12 bits per heavy atom. The van der Waals surface area contributed by atoms with E-state index in [-0.39, 0.29) is 5.78 Å². The topological polar surface area (TPSA) is 38.8 Å². The first-order valence-corrected chi connectivity index (χ1v) is 12.2. The van der Waals surface area contributed by atoms with Gasteiger partial charge < -0.3 is 9.47 Å². The summed E-state index contributed by atoms with van der Waals surface area (Å²) in [5, 5.41) is 0. The Kier molecular flexibility index (Phi) is 7.42. The van der Waals surface area contributed by atoms with Crippen molar-refractivity contribution >= 4 is 17.4 Å². The third-order valence-electron chi connectivity index (χ3n) is 6.93. The molecule has 2 aromatic carbocycles. The molecule has 5 heteroatoms. The standard InChI is InChI=1S/C27H34ClNO3/c1-3-32-25-16-22-10-7-13-27(28,26(30)23(22)17-24(25)31-2)18-20-11-14-29(15-12-20)19-21-8-5-4-6-9-21/h4-6,8-9,16-17,20H,3,7,10-15,18-19H2,1-2H3. The van der Waals surface area contributed by atoms with E-state index in [1.165, 1.54) is 5.56 Å². The fourth-order valence-corrected chi connectivity index (χ4v) is 5.66. The molecule has 32 heavy (non-hydrogen) atoms. The zero-order valence-corrected chi connectivity index (χ0v) is 20.0. The minimum absolute atomic E-state index is 0.0553. The number of ketones is 1. The van der Waals surface area contributed by atoms with Crippen LogP contribution in [-0.4, -0.2) is 42.4 Å². The summed E-state index contributed by atoms with van der Waals surface area (Å²) in [7, 11) is 1.61. The van der Waals surface area contributed by atoms with Gasteiger partial charge in [0.1, 0.15) is 4.87 Å². The SMILES string of the molecule is CCOc1cc2c(cc1OC)C(=O)C(Cl)(CC1CCN(Cc3ccccc3)CC1)CCC2. The molecule has 0 bridgehead atoms. The Morgan fingerprint density at radius 2 is 1.88 bits per heavy atom. The molecule has 1 aliphatic heterocycles. The number of likely N-dealkylation sites (tertiary alicyclic amines) is 1. The van der Waals surface area contributed by atoms with Crippen molar-refractivity contribution in [3.05, 3.63) is 59.2 Å². The predicted octanol–water partition coefficient (Wildman–Crippen LogP) is 5.89. The number of carbonyl (C=O) groups excluding carboxylic acids is 1. The Hall–Kier alpha value is -2.04. The van der Waals surface area contributed by atoms with E-state index < -0.39 is 4.87 Å². The van der Waals surface area contributed by atoms with Crippen LogP contribution in [0.25, 0.3) is 0 Å². The molecule has 2 aliphatic rings. The quantitative estimate of drug-likeness (QED) is 0.385. The van der Waals surface area contributed by atoms with Crippen LogP contribution in [0, 0.1) is 5.92 Å². The number of hydrogen-bond acceptors (Lipinski definition) is 4. The van der Waals surface area contributed by atoms with Gasteiger partial charge in [-0.2, -0.15) is 0 Å². The molecule has 0 N–H and O–H groups in total. The lowest BCUT2D eigenvalue weighted by Gasteiger charge is -2.36. The second kappa shape index (κ2) is 10.3. The molecule has 172 valence electrons. The molecule has 4 rings (SSSR count). The summed E-state index contributed by atoms with van der Waals surface area (Å²) in [5.41, 5.74) is 3.09. The summed E-state index contributed by atoms with van der Waals surface area (Å²) < 4.78 is 11.2. The molecular formula is C27H34ClNO3. The largest absolute Gasteiger partial charge is 0.493 e. The van der Waals surface area contributed by atoms with Gasteiger partial charge in [-0.25, -0.2) is 0 Å². The molecule has 1 saturated heterocycles. The zero-order chi connectivity index (χ0) is 22.6. The molecule has 1 unspecified atom stereocenters. The molecule has 0 saturated carbocycles. The van der Waals surface area contributed by atoms with Crippen LogP contribution in [0.5, 0.6) is 11.5 Å². The van der Waals surface area contributed by atoms with Crippen LogP contribution in [0.1, 0.15) is 60.5 Å². The van der Waals surface area contributed by atoms with Crippen LogP contribution in [0.2, 0.25) is 0 Å². The first-order valence-electron chi connectivity index (χ1n) is 11.9. The summed E-state index contributed by atoms with van der Waals surface area (Å²) in [5.74, 6) is 1.85. The maximum Gasteiger partial charge on any atom is 0.184 e. The lowest BCUT2D eigenvalue weighted by atomic mass is 9.81. The molecule has 1 fully saturated rings. The monoisotopic (exact) mass is 455 g/mol. The number of rotatable bonds is 7. The van der Waals surface area contributed by atoms with Gasteiger partial charge in [0.25, 0.3) is 0 Å². The van der Waals surface area contributed by atoms with Crippen molar-refractivity contribution in [2.45, 2.75) is 56.9 Å². The Balaban J connectivity index is 1.43. The number of halogens is 1. The molecule has 4 nitrogen and oxygen atoms in total. The average Bonchev–Trinajstić information content (AvgIpc) is 2.92. The van der Waals surface area contributed by atoms with E-state index in [1.54, 1.807) is 7.11 Å². The van der Waals surface area contributed by atoms with E-state index in [1.807, 2.05) is 19.1 Å². The summed E-state index contributed by atoms with van der Waals surface area (Å²) in [6, 6.07) is 14.4. The van der Waals surface area contributed by atoms with Crippen molar-refractivity contribution < 1.29 is 14.3 Å². The number of benzene rings is 2. The smallest absolute Gasteiger partial charge is 0.184 e. The number of aryl methyl sites for hydroxylation is 1. The van der Waals surface area contributed by atoms with Gasteiger partial charge in [-0.1, -0.05) is 30.3 Å². The Labute approximate surface area is 196 Å². The number of piperidine rings is 1. The van der Waals surface area contributed by atoms with Crippen LogP contribution < -0.4 is 9.47 Å². The lowest BCUT2D eigenvalue weighted by molar-refractivity contribution is 0.0896. The third kappa shape index (κ3) is 5.13. The number of nitrogens with zero attached hydrogens (tertiary/aromatic N) is 1. The Morgan fingerprint density at radius 3 is 2.56 bits per heavy atom. The number of alkyl halides is 1. The van der Waals surface area contributed by atoms with Gasteiger partial charge in [-0.3, -0.25) is 9.69 Å². The van der Waals surface area contributed by atoms with Gasteiger partial charge in [-0.05, 0) is 87.7 Å². The Bertz CT molecular complexity index is 924. The fraction of sp³-hybridized carbons (Fsp3) is 0.519. The predicted molar refractivity (Wildman–Crippen MR) is 129 cm³/mol. The van der Waals surface area contributed by atoms with Crippen LogP contribution >= 0.6 is 11.6 Å². The molecule has 2 aromatic rings. The van der Waals surface area contributed by atoms with Crippen LogP contribution in [0.15, 0.2) is 42.5 Å². The van der Waals surface area contributed by atoms with E-state index in [9.17, 15) is 4.79 Å². The normalized spacial score (nSPS) is 22.3. The first kappa shape index (κ1) is 23.1. The number of ether oxygens (including phenoxy) is 2. The van der Waals surface area contributed by atoms with Crippen LogP contribution in [0.3, 0.4) is 0 Å². The number of methoxy groups -OCH3 is 1. The molecular weight excluding hydrogens is 422 g/mol. The van der Waals surface area contributed by atoms with Crippen molar-refractivity contribution in [3.8, 4) is 11.5 Å². The highest BCUT2D eigenvalue weighted by Gasteiger charge is 2.42. The molecule has 0 amide bonds. The highest BCUT2D eigenvalue weighted by molar-refractivity contribution is 6.38. The van der Waals surface area contributed by atoms with E-state index >= 15 is 0 Å². The van der Waals surface area contributed by atoms with E-state index in [0.29, 0.717) is 29.6 Å². The second-order valence-electron chi connectivity index (χ2n) is 9.15. The third-order valence-corrected chi connectivity index (χ3v) is 7.44. The minimum atomic E-state index is -0.824. The number of Topliss-reactive ketones (excluding diaryl/α,β-unsaturated/α-hetero) is 1. The number of hydrogen-bond donors (Lipinski definition) is 0. The van der Waals surface area contributed by atoms with E-state index in [2.05, 4.69) is 35.2 Å². The molecule has 0 aromatic heterocycles. The summed E-state index contributed by atoms with van der Waals surface area (Å²) in [4.78, 5) is 15.3. The number of fused-ring (bicyclic) bond motifs is 1. The van der Waals surface area contributed by atoms with Crippen LogP contribution in [0.4, 0.5) is 0 Å². The molecule has 1 aliphatic carbocycles. The van der Waals surface area contributed by atoms with Gasteiger partial charge in [0, 0.05) is 12.1 Å². The maximum atomic E-state index is 13.6. The van der Waals surface area contributed by atoms with Crippen molar-refractivity contribution in [2.75, 3.05) is 26.8 Å². The first-order chi connectivity index (χ1) is 15.5. The summed E-state index contributed by atoms with van der Waals surface area (Å²) >= 11 is 7.12. The van der Waals surface area contributed by atoms with Crippen LogP contribution in [-0.2, 0) is 13.0 Å². The maximum absolute atomic E-state index is 13.6. The highest BCUT2D eigenvalue weighted by atomic mass is 35.5. The van der Waals surface area contributed by atoms with Gasteiger partial charge in [0.15, 0.2) is 17.3 Å².